The molecule has 1 aromatic heterocycles. The molecule has 1 heterocycles. The number of nitrogens with one attached hydrogen (secondary N) is 2. The van der Waals surface area contributed by atoms with Crippen LogP contribution in [0, 0.1) is 0 Å². The van der Waals surface area contributed by atoms with Gasteiger partial charge in [-0.2, -0.15) is 0 Å². The van der Waals surface area contributed by atoms with Gasteiger partial charge in [-0.15, -0.1) is 0 Å². The normalized spacial score (nSPS) is 14.7. The standard InChI is InChI=1S/C17H23N3O/c1-21-20-9-2-4-14-10-13(12-19-15-6-7-15)11-17-16(14)5-3-8-18-17/h3,5,8,10-11,15,19-20H,2,4,6-7,9,12H2,1H3. The first-order valence-corrected chi connectivity index (χ1v) is 7.72. The summed E-state index contributed by atoms with van der Waals surface area (Å²) in [6.07, 6.45) is 6.60. The van der Waals surface area contributed by atoms with Gasteiger partial charge >= 0.3 is 0 Å². The molecule has 0 aliphatic heterocycles. The average molecular weight is 285 g/mol. The van der Waals surface area contributed by atoms with E-state index in [-0.39, 0.29) is 0 Å². The molecule has 1 saturated carbocycles. The van der Waals surface area contributed by atoms with Crippen molar-refractivity contribution < 1.29 is 4.84 Å². The van der Waals surface area contributed by atoms with Crippen molar-refractivity contribution in [3.05, 3.63) is 41.6 Å². The number of fused-ring (bicyclic) bond motifs is 1. The third kappa shape index (κ3) is 4.00. The van der Waals surface area contributed by atoms with Crippen LogP contribution in [0.5, 0.6) is 0 Å². The van der Waals surface area contributed by atoms with Crippen molar-refractivity contribution in [2.75, 3.05) is 13.7 Å². The Morgan fingerprint density at radius 3 is 3.05 bits per heavy atom. The highest BCUT2D eigenvalue weighted by molar-refractivity contribution is 5.82. The van der Waals surface area contributed by atoms with Crippen LogP contribution in [-0.2, 0) is 17.8 Å². The Bertz CT molecular complexity index is 596. The fraction of sp³-hybridized carbons (Fsp3) is 0.471. The Labute approximate surface area is 125 Å². The van der Waals surface area contributed by atoms with Crippen molar-refractivity contribution in [2.45, 2.75) is 38.3 Å². The molecule has 0 atom stereocenters. The Balaban J connectivity index is 1.76. The summed E-state index contributed by atoms with van der Waals surface area (Å²) in [6.45, 7) is 1.81. The molecule has 2 N–H and O–H groups in total. The van der Waals surface area contributed by atoms with Crippen LogP contribution in [0.2, 0.25) is 0 Å². The van der Waals surface area contributed by atoms with Crippen LogP contribution in [0.1, 0.15) is 30.4 Å². The van der Waals surface area contributed by atoms with Gasteiger partial charge in [0.15, 0.2) is 0 Å². The van der Waals surface area contributed by atoms with E-state index in [0.717, 1.165) is 37.5 Å². The second kappa shape index (κ2) is 6.98. The molecule has 3 rings (SSSR count). The van der Waals surface area contributed by atoms with E-state index in [1.54, 1.807) is 7.11 Å². The van der Waals surface area contributed by atoms with Crippen LogP contribution in [-0.4, -0.2) is 24.7 Å². The van der Waals surface area contributed by atoms with E-state index in [1.165, 1.54) is 29.4 Å². The molecule has 0 radical (unpaired) electrons. The van der Waals surface area contributed by atoms with Crippen molar-refractivity contribution >= 4 is 10.9 Å². The first-order valence-electron chi connectivity index (χ1n) is 7.72. The van der Waals surface area contributed by atoms with E-state index in [2.05, 4.69) is 34.0 Å². The van der Waals surface area contributed by atoms with Gasteiger partial charge in [0.1, 0.15) is 0 Å². The zero-order chi connectivity index (χ0) is 14.5. The summed E-state index contributed by atoms with van der Waals surface area (Å²) < 4.78 is 0. The lowest BCUT2D eigenvalue weighted by molar-refractivity contribution is 0.0911. The highest BCUT2D eigenvalue weighted by atomic mass is 16.6. The molecule has 21 heavy (non-hydrogen) atoms. The van der Waals surface area contributed by atoms with Crippen LogP contribution in [0.15, 0.2) is 30.5 Å². The van der Waals surface area contributed by atoms with Crippen molar-refractivity contribution in [3.8, 4) is 0 Å². The predicted octanol–water partition coefficient (Wildman–Crippen LogP) is 2.57. The summed E-state index contributed by atoms with van der Waals surface area (Å²) in [5.74, 6) is 0. The molecule has 1 aromatic carbocycles. The molecule has 1 fully saturated rings. The van der Waals surface area contributed by atoms with Crippen LogP contribution in [0.4, 0.5) is 0 Å². The van der Waals surface area contributed by atoms with Crippen molar-refractivity contribution in [3.63, 3.8) is 0 Å². The maximum Gasteiger partial charge on any atom is 0.0707 e. The Morgan fingerprint density at radius 1 is 1.33 bits per heavy atom. The number of benzene rings is 1. The summed E-state index contributed by atoms with van der Waals surface area (Å²) in [4.78, 5) is 9.41. The first-order chi connectivity index (χ1) is 10.4. The average Bonchev–Trinajstić information content (AvgIpc) is 3.34. The number of hydrogen-bond donors (Lipinski definition) is 2. The maximum absolute atomic E-state index is 4.89. The van der Waals surface area contributed by atoms with E-state index in [1.807, 2.05) is 12.3 Å². The zero-order valence-corrected chi connectivity index (χ0v) is 12.6. The largest absolute Gasteiger partial charge is 0.310 e. The van der Waals surface area contributed by atoms with Gasteiger partial charge in [0, 0.05) is 30.7 Å². The summed E-state index contributed by atoms with van der Waals surface area (Å²) in [6, 6.07) is 9.45. The highest BCUT2D eigenvalue weighted by Crippen LogP contribution is 2.23. The predicted molar refractivity (Wildman–Crippen MR) is 84.9 cm³/mol. The van der Waals surface area contributed by atoms with Gasteiger partial charge in [-0.05, 0) is 48.9 Å². The van der Waals surface area contributed by atoms with Gasteiger partial charge in [0.05, 0.1) is 12.6 Å². The minimum atomic E-state index is 0.735. The number of rotatable bonds is 8. The van der Waals surface area contributed by atoms with Crippen LogP contribution >= 0.6 is 0 Å². The first kappa shape index (κ1) is 14.4. The lowest BCUT2D eigenvalue weighted by atomic mass is 10.0. The monoisotopic (exact) mass is 285 g/mol. The molecule has 4 heteroatoms. The second-order valence-electron chi connectivity index (χ2n) is 5.68. The maximum atomic E-state index is 4.89. The molecular formula is C17H23N3O. The zero-order valence-electron chi connectivity index (χ0n) is 12.6. The summed E-state index contributed by atoms with van der Waals surface area (Å²) in [5, 5.41) is 4.85. The summed E-state index contributed by atoms with van der Waals surface area (Å²) >= 11 is 0. The van der Waals surface area contributed by atoms with Crippen molar-refractivity contribution in [2.24, 2.45) is 0 Å². The highest BCUT2D eigenvalue weighted by Gasteiger charge is 2.20. The van der Waals surface area contributed by atoms with Gasteiger partial charge in [-0.25, -0.2) is 5.48 Å². The smallest absolute Gasteiger partial charge is 0.0707 e. The van der Waals surface area contributed by atoms with Gasteiger partial charge in [-0.1, -0.05) is 12.1 Å². The lowest BCUT2D eigenvalue weighted by Crippen LogP contribution is -2.16. The molecule has 1 aliphatic rings. The number of hydrogen-bond acceptors (Lipinski definition) is 4. The van der Waals surface area contributed by atoms with E-state index < -0.39 is 0 Å². The fourth-order valence-corrected chi connectivity index (χ4v) is 2.63. The minimum Gasteiger partial charge on any atom is -0.310 e. The SMILES string of the molecule is CONCCCc1cc(CNC2CC2)cc2ncccc12. The Kier molecular flexibility index (Phi) is 4.80. The topological polar surface area (TPSA) is 46.2 Å². The van der Waals surface area contributed by atoms with Gasteiger partial charge in [0.25, 0.3) is 0 Å². The molecule has 0 spiro atoms. The summed E-state index contributed by atoms with van der Waals surface area (Å²) in [5.41, 5.74) is 6.72. The number of nitrogens with zero attached hydrogens (tertiary/aromatic N) is 1. The van der Waals surface area contributed by atoms with Gasteiger partial charge in [-0.3, -0.25) is 4.98 Å². The number of aryl methyl sites for hydroxylation is 1. The Morgan fingerprint density at radius 2 is 2.24 bits per heavy atom. The van der Waals surface area contributed by atoms with Crippen molar-refractivity contribution in [1.82, 2.24) is 15.8 Å². The van der Waals surface area contributed by atoms with Crippen LogP contribution < -0.4 is 10.8 Å². The molecule has 112 valence electrons. The molecular weight excluding hydrogens is 262 g/mol. The van der Waals surface area contributed by atoms with E-state index in [0.29, 0.717) is 0 Å². The fourth-order valence-electron chi connectivity index (χ4n) is 2.63. The number of aromatic nitrogens is 1. The third-order valence-electron chi connectivity index (χ3n) is 3.91. The molecule has 2 aromatic rings. The Hall–Kier alpha value is -1.49. The number of pyridine rings is 1. The molecule has 0 unspecified atom stereocenters. The summed E-state index contributed by atoms with van der Waals surface area (Å²) in [7, 11) is 1.66. The lowest BCUT2D eigenvalue weighted by Gasteiger charge is -2.11. The molecule has 0 amide bonds. The van der Waals surface area contributed by atoms with Crippen molar-refractivity contribution in [1.29, 1.82) is 0 Å². The second-order valence-corrected chi connectivity index (χ2v) is 5.68. The van der Waals surface area contributed by atoms with Crippen LogP contribution in [0.3, 0.4) is 0 Å². The third-order valence-corrected chi connectivity index (χ3v) is 3.91. The van der Waals surface area contributed by atoms with Crippen LogP contribution in [0.25, 0.3) is 10.9 Å². The molecule has 0 saturated heterocycles. The van der Waals surface area contributed by atoms with E-state index >= 15 is 0 Å². The number of hydroxylamine groups is 1. The van der Waals surface area contributed by atoms with E-state index in [9.17, 15) is 0 Å². The van der Waals surface area contributed by atoms with Gasteiger partial charge in [0.2, 0.25) is 0 Å². The molecule has 0 bridgehead atoms. The quantitative estimate of drug-likeness (QED) is 0.578. The molecule has 4 nitrogen and oxygen atoms in total. The van der Waals surface area contributed by atoms with Gasteiger partial charge < -0.3 is 10.2 Å². The minimum absolute atomic E-state index is 0.735. The molecule has 1 aliphatic carbocycles. The van der Waals surface area contributed by atoms with E-state index in [4.69, 9.17) is 4.84 Å².